The highest BCUT2D eigenvalue weighted by Gasteiger charge is 2.08. The van der Waals surface area contributed by atoms with Gasteiger partial charge in [-0.25, -0.2) is 4.98 Å². The molecule has 0 unspecified atom stereocenters. The third kappa shape index (κ3) is 2.47. The first-order valence-corrected chi connectivity index (χ1v) is 7.02. The van der Waals surface area contributed by atoms with Gasteiger partial charge in [0.05, 0.1) is 9.99 Å². The first-order chi connectivity index (χ1) is 9.63. The number of aryl methyl sites for hydroxylation is 1. The van der Waals surface area contributed by atoms with Crippen molar-refractivity contribution < 1.29 is 4.74 Å². The molecule has 20 heavy (non-hydrogen) atoms. The van der Waals surface area contributed by atoms with Crippen molar-refractivity contribution in [3.8, 4) is 11.6 Å². The van der Waals surface area contributed by atoms with Gasteiger partial charge in [-0.15, -0.1) is 0 Å². The summed E-state index contributed by atoms with van der Waals surface area (Å²) in [5, 5.41) is 1.10. The highest BCUT2D eigenvalue weighted by atomic mass is 79.9. The van der Waals surface area contributed by atoms with E-state index in [0.717, 1.165) is 20.9 Å². The molecule has 0 bridgehead atoms. The fourth-order valence-electron chi connectivity index (χ4n) is 2.01. The Morgan fingerprint density at radius 3 is 2.75 bits per heavy atom. The predicted molar refractivity (Wildman–Crippen MR) is 85.1 cm³/mol. The average molecular weight is 329 g/mol. The third-order valence-corrected chi connectivity index (χ3v) is 3.69. The Bertz CT molecular complexity index is 787. The number of pyridine rings is 1. The normalized spacial score (nSPS) is 10.7. The van der Waals surface area contributed by atoms with Crippen LogP contribution in [0.25, 0.3) is 10.9 Å². The average Bonchev–Trinajstić information content (AvgIpc) is 2.43. The van der Waals surface area contributed by atoms with E-state index in [2.05, 4.69) is 27.0 Å². The molecule has 2 N–H and O–H groups in total. The lowest BCUT2D eigenvalue weighted by molar-refractivity contribution is 0.458. The van der Waals surface area contributed by atoms with Crippen molar-refractivity contribution in [1.29, 1.82) is 0 Å². The molecule has 0 aliphatic heterocycles. The zero-order valence-corrected chi connectivity index (χ0v) is 12.5. The van der Waals surface area contributed by atoms with Crippen LogP contribution in [0.4, 0.5) is 5.69 Å². The van der Waals surface area contributed by atoms with Gasteiger partial charge in [0.15, 0.2) is 0 Å². The molecule has 0 atom stereocenters. The first kappa shape index (κ1) is 12.9. The van der Waals surface area contributed by atoms with Crippen LogP contribution in [0.1, 0.15) is 5.56 Å². The van der Waals surface area contributed by atoms with E-state index in [1.54, 1.807) is 6.07 Å². The molecular weight excluding hydrogens is 316 g/mol. The first-order valence-electron chi connectivity index (χ1n) is 6.23. The number of rotatable bonds is 2. The summed E-state index contributed by atoms with van der Waals surface area (Å²) >= 11 is 3.45. The van der Waals surface area contributed by atoms with E-state index in [4.69, 9.17) is 10.5 Å². The summed E-state index contributed by atoms with van der Waals surface area (Å²) in [6.45, 7) is 1.98. The number of nitrogens with zero attached hydrogens (tertiary/aromatic N) is 1. The number of aromatic nitrogens is 1. The minimum Gasteiger partial charge on any atom is -0.437 e. The Balaban J connectivity index is 2.06. The van der Waals surface area contributed by atoms with Gasteiger partial charge in [0.1, 0.15) is 5.75 Å². The van der Waals surface area contributed by atoms with Crippen molar-refractivity contribution >= 4 is 32.5 Å². The molecule has 0 saturated heterocycles. The molecule has 3 rings (SSSR count). The summed E-state index contributed by atoms with van der Waals surface area (Å²) in [6, 6.07) is 15.5. The lowest BCUT2D eigenvalue weighted by atomic mass is 10.2. The molecule has 0 spiro atoms. The minimum absolute atomic E-state index is 0.593. The summed E-state index contributed by atoms with van der Waals surface area (Å²) in [7, 11) is 0. The fourth-order valence-corrected chi connectivity index (χ4v) is 2.34. The van der Waals surface area contributed by atoms with Gasteiger partial charge < -0.3 is 10.5 Å². The van der Waals surface area contributed by atoms with Gasteiger partial charge in [0.25, 0.3) is 0 Å². The smallest absolute Gasteiger partial charge is 0.222 e. The summed E-state index contributed by atoms with van der Waals surface area (Å²) in [6.07, 6.45) is 0. The maximum Gasteiger partial charge on any atom is 0.222 e. The lowest BCUT2D eigenvalue weighted by Crippen LogP contribution is -1.94. The van der Waals surface area contributed by atoms with E-state index in [9.17, 15) is 0 Å². The monoisotopic (exact) mass is 328 g/mol. The molecule has 0 aliphatic rings. The lowest BCUT2D eigenvalue weighted by Gasteiger charge is -2.11. The number of benzene rings is 2. The SMILES string of the molecule is Cc1cc2ccccc2nc1Oc1cc(N)ccc1Br. The largest absolute Gasteiger partial charge is 0.437 e. The summed E-state index contributed by atoms with van der Waals surface area (Å²) in [5.41, 5.74) is 8.34. The van der Waals surface area contributed by atoms with E-state index in [0.29, 0.717) is 17.3 Å². The van der Waals surface area contributed by atoms with Crippen molar-refractivity contribution in [3.05, 3.63) is 58.6 Å². The number of anilines is 1. The molecular formula is C16H13BrN2O. The molecule has 0 saturated carbocycles. The Hall–Kier alpha value is -2.07. The van der Waals surface area contributed by atoms with E-state index < -0.39 is 0 Å². The van der Waals surface area contributed by atoms with E-state index in [1.807, 2.05) is 43.3 Å². The van der Waals surface area contributed by atoms with Crippen LogP contribution >= 0.6 is 15.9 Å². The third-order valence-electron chi connectivity index (χ3n) is 3.03. The van der Waals surface area contributed by atoms with Gasteiger partial charge in [0.2, 0.25) is 5.88 Å². The molecule has 3 aromatic rings. The number of halogens is 1. The summed E-state index contributed by atoms with van der Waals surface area (Å²) in [5.74, 6) is 1.26. The Kier molecular flexibility index (Phi) is 3.32. The van der Waals surface area contributed by atoms with Gasteiger partial charge in [-0.1, -0.05) is 18.2 Å². The number of para-hydroxylation sites is 1. The molecule has 1 aromatic heterocycles. The Morgan fingerprint density at radius 1 is 1.10 bits per heavy atom. The number of ether oxygens (including phenoxy) is 1. The van der Waals surface area contributed by atoms with Crippen molar-refractivity contribution in [2.45, 2.75) is 6.92 Å². The number of fused-ring (bicyclic) bond motifs is 1. The van der Waals surface area contributed by atoms with Crippen molar-refractivity contribution in [3.63, 3.8) is 0 Å². The van der Waals surface area contributed by atoms with Crippen LogP contribution in [-0.4, -0.2) is 4.98 Å². The molecule has 2 aromatic carbocycles. The maximum absolute atomic E-state index is 5.89. The Morgan fingerprint density at radius 2 is 1.90 bits per heavy atom. The second-order valence-electron chi connectivity index (χ2n) is 4.60. The van der Waals surface area contributed by atoms with Crippen LogP contribution in [0.3, 0.4) is 0 Å². The van der Waals surface area contributed by atoms with Crippen molar-refractivity contribution in [2.24, 2.45) is 0 Å². The molecule has 0 aliphatic carbocycles. The number of nitrogen functional groups attached to an aromatic ring is 1. The van der Waals surface area contributed by atoms with E-state index in [1.165, 1.54) is 0 Å². The second kappa shape index (κ2) is 5.13. The molecule has 0 amide bonds. The minimum atomic E-state index is 0.593. The van der Waals surface area contributed by atoms with Crippen LogP contribution in [-0.2, 0) is 0 Å². The van der Waals surface area contributed by atoms with Gasteiger partial charge >= 0.3 is 0 Å². The van der Waals surface area contributed by atoms with E-state index >= 15 is 0 Å². The molecule has 0 fully saturated rings. The molecule has 1 heterocycles. The van der Waals surface area contributed by atoms with Gasteiger partial charge in [-0.3, -0.25) is 0 Å². The Labute approximate surface area is 125 Å². The van der Waals surface area contributed by atoms with E-state index in [-0.39, 0.29) is 0 Å². The van der Waals surface area contributed by atoms with Crippen LogP contribution in [0, 0.1) is 6.92 Å². The van der Waals surface area contributed by atoms with Gasteiger partial charge in [-0.2, -0.15) is 0 Å². The zero-order valence-electron chi connectivity index (χ0n) is 10.9. The zero-order chi connectivity index (χ0) is 14.1. The molecule has 100 valence electrons. The number of nitrogens with two attached hydrogens (primary N) is 1. The van der Waals surface area contributed by atoms with Crippen LogP contribution in [0.15, 0.2) is 53.0 Å². The molecule has 3 nitrogen and oxygen atoms in total. The quantitative estimate of drug-likeness (QED) is 0.695. The highest BCUT2D eigenvalue weighted by molar-refractivity contribution is 9.10. The van der Waals surface area contributed by atoms with Crippen LogP contribution in [0.2, 0.25) is 0 Å². The van der Waals surface area contributed by atoms with Gasteiger partial charge in [0, 0.05) is 22.7 Å². The van der Waals surface area contributed by atoms with Crippen LogP contribution in [0.5, 0.6) is 11.6 Å². The second-order valence-corrected chi connectivity index (χ2v) is 5.45. The molecule has 4 heteroatoms. The predicted octanol–water partition coefficient (Wildman–Crippen LogP) is 4.68. The molecule has 0 radical (unpaired) electrons. The van der Waals surface area contributed by atoms with Crippen molar-refractivity contribution in [1.82, 2.24) is 4.98 Å². The number of hydrogen-bond donors (Lipinski definition) is 1. The highest BCUT2D eigenvalue weighted by Crippen LogP contribution is 2.32. The standard InChI is InChI=1S/C16H13BrN2O/c1-10-8-11-4-2-3-5-14(11)19-16(10)20-15-9-12(18)6-7-13(15)17/h2-9H,18H2,1H3. The number of hydrogen-bond acceptors (Lipinski definition) is 3. The fraction of sp³-hybridized carbons (Fsp3) is 0.0625. The van der Waals surface area contributed by atoms with Gasteiger partial charge in [-0.05, 0) is 47.1 Å². The topological polar surface area (TPSA) is 48.1 Å². The summed E-state index contributed by atoms with van der Waals surface area (Å²) in [4.78, 5) is 4.56. The maximum atomic E-state index is 5.89. The van der Waals surface area contributed by atoms with Crippen LogP contribution < -0.4 is 10.5 Å². The summed E-state index contributed by atoms with van der Waals surface area (Å²) < 4.78 is 6.74. The van der Waals surface area contributed by atoms with Crippen molar-refractivity contribution in [2.75, 3.05) is 5.73 Å².